The molecule has 2 atom stereocenters. The number of hydrogen-bond acceptors (Lipinski definition) is 9. The van der Waals surface area contributed by atoms with E-state index < -0.39 is 27.3 Å². The number of anilines is 1. The van der Waals surface area contributed by atoms with E-state index in [0.29, 0.717) is 42.6 Å². The second-order valence-corrected chi connectivity index (χ2v) is 12.4. The summed E-state index contributed by atoms with van der Waals surface area (Å²) in [5.74, 6) is 1.50. The number of nitrogens with one attached hydrogen (secondary N) is 2. The molecule has 0 bridgehead atoms. The van der Waals surface area contributed by atoms with Crippen molar-refractivity contribution in [2.75, 3.05) is 30.8 Å². The highest BCUT2D eigenvalue weighted by Crippen LogP contribution is 2.28. The summed E-state index contributed by atoms with van der Waals surface area (Å²) >= 11 is -1.80. The number of hydrogen-bond donors (Lipinski definition) is 2. The van der Waals surface area contributed by atoms with Crippen LogP contribution in [0.3, 0.4) is 0 Å². The molecule has 0 fully saturated rings. The van der Waals surface area contributed by atoms with Crippen LogP contribution in [0.4, 0.5) is 11.4 Å². The molecule has 14 heteroatoms. The maximum Gasteiger partial charge on any atom is 0.288 e. The first-order valence-corrected chi connectivity index (χ1v) is 16.3. The molecule has 2 N–H and O–H groups in total. The van der Waals surface area contributed by atoms with Gasteiger partial charge in [0.05, 0.1) is 23.7 Å². The molecule has 2 aromatic carbocycles. The first kappa shape index (κ1) is 30.5. The fraction of sp³-hybridized carbons (Fsp3) is 0.407. The number of benzene rings is 2. The molecule has 220 valence electrons. The predicted octanol–water partition coefficient (Wildman–Crippen LogP) is 3.33. The average Bonchev–Trinajstić information content (AvgIpc) is 3.48. The van der Waals surface area contributed by atoms with E-state index >= 15 is 0 Å². The van der Waals surface area contributed by atoms with Crippen molar-refractivity contribution >= 4 is 44.1 Å². The molecule has 3 aromatic rings. The normalized spacial score (nSPS) is 15.5. The first-order valence-electron chi connectivity index (χ1n) is 13.3. The van der Waals surface area contributed by atoms with Crippen molar-refractivity contribution in [3.05, 3.63) is 65.2 Å². The van der Waals surface area contributed by atoms with Crippen LogP contribution in [-0.4, -0.2) is 64.8 Å². The van der Waals surface area contributed by atoms with Gasteiger partial charge in [0.1, 0.15) is 11.5 Å². The van der Waals surface area contributed by atoms with Crippen molar-refractivity contribution in [2.45, 2.75) is 47.1 Å². The molecule has 41 heavy (non-hydrogen) atoms. The van der Waals surface area contributed by atoms with Gasteiger partial charge in [0.25, 0.3) is 11.3 Å². The molecule has 0 saturated heterocycles. The SMILES string of the molecule is CCC1=Nn2c(nnc2C(C)NS(=O)Oc2ccc(C)cc2)C1=Nc1ccc(N(CC)CCNS(C)(=O)=O)cc1C. The number of aryl methyl sites for hydroxylation is 2. The Labute approximate surface area is 243 Å². The van der Waals surface area contributed by atoms with Gasteiger partial charge in [-0.15, -0.1) is 10.2 Å². The van der Waals surface area contributed by atoms with Crippen molar-refractivity contribution in [3.8, 4) is 5.75 Å². The van der Waals surface area contributed by atoms with Gasteiger partial charge in [0.2, 0.25) is 15.8 Å². The summed E-state index contributed by atoms with van der Waals surface area (Å²) in [6, 6.07) is 12.8. The third-order valence-corrected chi connectivity index (χ3v) is 8.08. The van der Waals surface area contributed by atoms with Crippen molar-refractivity contribution < 1.29 is 16.8 Å². The van der Waals surface area contributed by atoms with Crippen LogP contribution in [0, 0.1) is 13.8 Å². The zero-order chi connectivity index (χ0) is 29.7. The summed E-state index contributed by atoms with van der Waals surface area (Å²) in [6.45, 7) is 11.4. The second-order valence-electron chi connectivity index (χ2n) is 9.74. The van der Waals surface area contributed by atoms with Crippen molar-refractivity contribution in [3.63, 3.8) is 0 Å². The molecule has 1 aliphatic rings. The number of fused-ring (bicyclic) bond motifs is 1. The first-order chi connectivity index (χ1) is 19.5. The van der Waals surface area contributed by atoms with E-state index in [1.165, 1.54) is 0 Å². The molecule has 4 rings (SSSR count). The van der Waals surface area contributed by atoms with E-state index in [9.17, 15) is 12.6 Å². The van der Waals surface area contributed by atoms with Crippen molar-refractivity contribution in [1.29, 1.82) is 0 Å². The number of nitrogens with zero attached hydrogens (tertiary/aromatic N) is 6. The third kappa shape index (κ3) is 7.64. The molecular weight excluding hydrogens is 564 g/mol. The molecule has 0 saturated carbocycles. The van der Waals surface area contributed by atoms with Gasteiger partial charge in [0, 0.05) is 25.3 Å². The van der Waals surface area contributed by atoms with E-state index in [1.807, 2.05) is 65.0 Å². The van der Waals surface area contributed by atoms with Gasteiger partial charge in [-0.2, -0.15) is 18.7 Å². The summed E-state index contributed by atoms with van der Waals surface area (Å²) in [6.07, 6.45) is 1.79. The maximum atomic E-state index is 12.6. The molecular formula is C27H36N8O4S2. The smallest absolute Gasteiger partial charge is 0.288 e. The zero-order valence-corrected chi connectivity index (χ0v) is 25.7. The Morgan fingerprint density at radius 1 is 1.12 bits per heavy atom. The molecule has 2 heterocycles. The fourth-order valence-corrected chi connectivity index (χ4v) is 5.47. The van der Waals surface area contributed by atoms with Crippen LogP contribution in [0.5, 0.6) is 5.75 Å². The second kappa shape index (κ2) is 13.0. The Balaban J connectivity index is 1.51. The maximum absolute atomic E-state index is 12.6. The number of aliphatic imine (C=N–C) groups is 1. The van der Waals surface area contributed by atoms with E-state index in [0.717, 1.165) is 41.0 Å². The molecule has 12 nitrogen and oxygen atoms in total. The van der Waals surface area contributed by atoms with Gasteiger partial charge < -0.3 is 9.08 Å². The Morgan fingerprint density at radius 3 is 2.49 bits per heavy atom. The number of sulfonamides is 1. The highest BCUT2D eigenvalue weighted by Gasteiger charge is 2.30. The average molecular weight is 601 g/mol. The van der Waals surface area contributed by atoms with E-state index in [-0.39, 0.29) is 0 Å². The molecule has 1 aromatic heterocycles. The molecule has 2 unspecified atom stereocenters. The van der Waals surface area contributed by atoms with Crippen LogP contribution in [0.25, 0.3) is 0 Å². The number of rotatable bonds is 13. The molecule has 1 aliphatic heterocycles. The quantitative estimate of drug-likeness (QED) is 0.306. The summed E-state index contributed by atoms with van der Waals surface area (Å²) in [5, 5.41) is 13.4. The molecule has 0 radical (unpaired) electrons. The minimum atomic E-state index is -3.24. The summed E-state index contributed by atoms with van der Waals surface area (Å²) in [4.78, 5) is 7.01. The summed E-state index contributed by atoms with van der Waals surface area (Å²) in [7, 11) is -3.24. The Bertz CT molecular complexity index is 1580. The predicted molar refractivity (Wildman–Crippen MR) is 163 cm³/mol. The number of likely N-dealkylation sites (N-methyl/N-ethyl adjacent to an activating group) is 1. The van der Waals surface area contributed by atoms with E-state index in [2.05, 4.69) is 24.5 Å². The lowest BCUT2D eigenvalue weighted by atomic mass is 10.1. The van der Waals surface area contributed by atoms with Gasteiger partial charge in [-0.25, -0.2) is 18.1 Å². The summed E-state index contributed by atoms with van der Waals surface area (Å²) < 4.78 is 48.0. The van der Waals surface area contributed by atoms with Gasteiger partial charge in [-0.3, -0.25) is 0 Å². The molecule has 0 amide bonds. The number of aromatic nitrogens is 3. The zero-order valence-electron chi connectivity index (χ0n) is 24.1. The Hall–Kier alpha value is -3.46. The van der Waals surface area contributed by atoms with Crippen LogP contribution in [-0.2, 0) is 21.3 Å². The topological polar surface area (TPSA) is 143 Å². The highest BCUT2D eigenvalue weighted by molar-refractivity contribution is 7.88. The lowest BCUT2D eigenvalue weighted by molar-refractivity contribution is 0.525. The minimum absolute atomic E-state index is 0.322. The van der Waals surface area contributed by atoms with Crippen LogP contribution >= 0.6 is 0 Å². The van der Waals surface area contributed by atoms with E-state index in [1.54, 1.807) is 16.8 Å². The van der Waals surface area contributed by atoms with Crippen molar-refractivity contribution in [2.24, 2.45) is 10.1 Å². The monoisotopic (exact) mass is 600 g/mol. The van der Waals surface area contributed by atoms with Crippen molar-refractivity contribution in [1.82, 2.24) is 24.3 Å². The lowest BCUT2D eigenvalue weighted by Gasteiger charge is -2.24. The largest absolute Gasteiger partial charge is 0.389 e. The molecule has 0 spiro atoms. The van der Waals surface area contributed by atoms with Crippen LogP contribution in [0.1, 0.15) is 56.0 Å². The minimum Gasteiger partial charge on any atom is -0.389 e. The van der Waals surface area contributed by atoms with Gasteiger partial charge in [0.15, 0.2) is 5.82 Å². The third-order valence-electron chi connectivity index (χ3n) is 6.46. The Morgan fingerprint density at radius 2 is 1.85 bits per heavy atom. The van der Waals surface area contributed by atoms with E-state index in [4.69, 9.17) is 14.3 Å². The van der Waals surface area contributed by atoms with Gasteiger partial charge in [-0.05, 0) is 70.0 Å². The highest BCUT2D eigenvalue weighted by atomic mass is 32.2. The van der Waals surface area contributed by atoms with Crippen LogP contribution < -0.4 is 18.5 Å². The van der Waals surface area contributed by atoms with Crippen LogP contribution in [0.2, 0.25) is 0 Å². The lowest BCUT2D eigenvalue weighted by Crippen LogP contribution is -2.34. The summed E-state index contributed by atoms with van der Waals surface area (Å²) in [5.41, 5.74) is 5.19. The van der Waals surface area contributed by atoms with Gasteiger partial charge >= 0.3 is 0 Å². The fourth-order valence-electron chi connectivity index (χ4n) is 4.28. The molecule has 0 aliphatic carbocycles. The van der Waals surface area contributed by atoms with Crippen LogP contribution in [0.15, 0.2) is 52.6 Å². The van der Waals surface area contributed by atoms with Gasteiger partial charge in [-0.1, -0.05) is 24.6 Å². The Kier molecular flexibility index (Phi) is 9.68. The standard InChI is InChI=1S/C27H36N8O4S2/c1-7-23-25(29-24-14-11-21(17-19(24)4)34(8-2)16-15-28-41(6,37)38)27-31-30-26(35(27)32-23)20(5)33-40(36)39-22-12-9-18(3)10-13-22/h9-14,17,20,28,33H,7-8,15-16H2,1-6H3.